The van der Waals surface area contributed by atoms with Gasteiger partial charge < -0.3 is 14.5 Å². The first kappa shape index (κ1) is 13.6. The molecule has 0 aliphatic carbocycles. The monoisotopic (exact) mass is 279 g/mol. The third-order valence-corrected chi connectivity index (χ3v) is 2.95. The van der Waals surface area contributed by atoms with E-state index in [1.54, 1.807) is 25.3 Å². The van der Waals surface area contributed by atoms with Gasteiger partial charge in [-0.2, -0.15) is 0 Å². The van der Waals surface area contributed by atoms with E-state index < -0.39 is 0 Å². The van der Waals surface area contributed by atoms with Gasteiger partial charge in [0.05, 0.1) is 24.5 Å². The van der Waals surface area contributed by atoms with E-state index in [9.17, 15) is 4.79 Å². The topological polar surface area (TPSA) is 51.5 Å². The molecule has 1 N–H and O–H groups in total. The molecular weight excluding hydrogens is 266 g/mol. The SMILES string of the molecule is COC[C@@H](NC(=O)c1ccoc1)c1ccc(Cl)cc1. The van der Waals surface area contributed by atoms with Crippen LogP contribution < -0.4 is 5.32 Å². The number of ether oxygens (including phenoxy) is 1. The highest BCUT2D eigenvalue weighted by molar-refractivity contribution is 6.30. The molecule has 0 radical (unpaired) electrons. The number of hydrogen-bond donors (Lipinski definition) is 1. The largest absolute Gasteiger partial charge is 0.472 e. The Bertz CT molecular complexity index is 522. The Morgan fingerprint density at radius 2 is 2.11 bits per heavy atom. The first-order valence-corrected chi connectivity index (χ1v) is 6.16. The minimum atomic E-state index is -0.232. The van der Waals surface area contributed by atoms with E-state index in [2.05, 4.69) is 5.32 Å². The van der Waals surface area contributed by atoms with E-state index in [0.29, 0.717) is 17.2 Å². The molecule has 100 valence electrons. The average Bonchev–Trinajstić information content (AvgIpc) is 2.93. The lowest BCUT2D eigenvalue weighted by molar-refractivity contribution is 0.0896. The maximum absolute atomic E-state index is 12.0. The molecule has 0 aliphatic rings. The smallest absolute Gasteiger partial charge is 0.255 e. The number of carbonyl (C=O) groups excluding carboxylic acids is 1. The van der Waals surface area contributed by atoms with Crippen LogP contribution in [0.5, 0.6) is 0 Å². The number of amides is 1. The van der Waals surface area contributed by atoms with E-state index in [0.717, 1.165) is 5.56 Å². The number of rotatable bonds is 5. The van der Waals surface area contributed by atoms with Gasteiger partial charge in [-0.05, 0) is 23.8 Å². The van der Waals surface area contributed by atoms with Gasteiger partial charge in [-0.25, -0.2) is 0 Å². The number of nitrogens with one attached hydrogen (secondary N) is 1. The summed E-state index contributed by atoms with van der Waals surface area (Å²) in [4.78, 5) is 12.0. The first-order chi connectivity index (χ1) is 9.20. The third-order valence-electron chi connectivity index (χ3n) is 2.69. The van der Waals surface area contributed by atoms with Crippen LogP contribution in [-0.4, -0.2) is 19.6 Å². The Hall–Kier alpha value is -1.78. The first-order valence-electron chi connectivity index (χ1n) is 5.78. The van der Waals surface area contributed by atoms with Crippen LogP contribution in [0.2, 0.25) is 5.02 Å². The molecule has 0 saturated carbocycles. The molecule has 1 amide bonds. The second-order valence-electron chi connectivity index (χ2n) is 4.04. The summed E-state index contributed by atoms with van der Waals surface area (Å²) in [5.74, 6) is -0.203. The fourth-order valence-electron chi connectivity index (χ4n) is 1.72. The molecule has 0 aliphatic heterocycles. The predicted octanol–water partition coefficient (Wildman–Crippen LogP) is 3.05. The molecule has 2 aromatic rings. The summed E-state index contributed by atoms with van der Waals surface area (Å²) >= 11 is 5.85. The molecule has 1 heterocycles. The lowest BCUT2D eigenvalue weighted by Crippen LogP contribution is -2.31. The summed E-state index contributed by atoms with van der Waals surface area (Å²) in [6.07, 6.45) is 2.86. The van der Waals surface area contributed by atoms with Gasteiger partial charge in [0.1, 0.15) is 6.26 Å². The molecule has 0 spiro atoms. The standard InChI is InChI=1S/C14H14ClNO3/c1-18-9-13(10-2-4-12(15)5-3-10)16-14(17)11-6-7-19-8-11/h2-8,13H,9H2,1H3,(H,16,17)/t13-/m1/s1. The molecule has 1 atom stereocenters. The van der Waals surface area contributed by atoms with E-state index in [4.69, 9.17) is 20.8 Å². The maximum Gasteiger partial charge on any atom is 0.255 e. The summed E-state index contributed by atoms with van der Waals surface area (Å²) in [6, 6.07) is 8.67. The van der Waals surface area contributed by atoms with Crippen molar-refractivity contribution in [2.45, 2.75) is 6.04 Å². The highest BCUT2D eigenvalue weighted by Crippen LogP contribution is 2.17. The van der Waals surface area contributed by atoms with Crippen molar-refractivity contribution >= 4 is 17.5 Å². The summed E-state index contributed by atoms with van der Waals surface area (Å²) in [5, 5.41) is 3.54. The van der Waals surface area contributed by atoms with Crippen LogP contribution in [0.15, 0.2) is 47.3 Å². The zero-order chi connectivity index (χ0) is 13.7. The summed E-state index contributed by atoms with van der Waals surface area (Å²) in [7, 11) is 1.59. The third kappa shape index (κ3) is 3.59. The van der Waals surface area contributed by atoms with Gasteiger partial charge in [0.15, 0.2) is 0 Å². The number of furan rings is 1. The quantitative estimate of drug-likeness (QED) is 0.915. The number of carbonyl (C=O) groups is 1. The zero-order valence-corrected chi connectivity index (χ0v) is 11.2. The summed E-state index contributed by atoms with van der Waals surface area (Å²) < 4.78 is 10.0. The predicted molar refractivity (Wildman–Crippen MR) is 72.2 cm³/mol. The Balaban J connectivity index is 2.12. The minimum absolute atomic E-state index is 0.203. The number of methoxy groups -OCH3 is 1. The van der Waals surface area contributed by atoms with Crippen molar-refractivity contribution in [3.63, 3.8) is 0 Å². The Morgan fingerprint density at radius 3 is 2.68 bits per heavy atom. The maximum atomic E-state index is 12.0. The van der Waals surface area contributed by atoms with Crippen molar-refractivity contribution in [1.82, 2.24) is 5.32 Å². The van der Waals surface area contributed by atoms with E-state index in [1.165, 1.54) is 12.5 Å². The van der Waals surface area contributed by atoms with Gasteiger partial charge in [0, 0.05) is 12.1 Å². The minimum Gasteiger partial charge on any atom is -0.472 e. The van der Waals surface area contributed by atoms with Crippen LogP contribution in [0.3, 0.4) is 0 Å². The van der Waals surface area contributed by atoms with E-state index >= 15 is 0 Å². The Morgan fingerprint density at radius 1 is 1.37 bits per heavy atom. The van der Waals surface area contributed by atoms with Crippen LogP contribution >= 0.6 is 11.6 Å². The highest BCUT2D eigenvalue weighted by atomic mass is 35.5. The normalized spacial score (nSPS) is 12.1. The highest BCUT2D eigenvalue weighted by Gasteiger charge is 2.16. The van der Waals surface area contributed by atoms with Crippen LogP contribution in [0.25, 0.3) is 0 Å². The molecule has 0 saturated heterocycles. The molecule has 1 aromatic carbocycles. The van der Waals surface area contributed by atoms with Crippen molar-refractivity contribution in [1.29, 1.82) is 0 Å². The zero-order valence-electron chi connectivity index (χ0n) is 10.4. The van der Waals surface area contributed by atoms with Crippen molar-refractivity contribution in [2.75, 3.05) is 13.7 Å². The van der Waals surface area contributed by atoms with Gasteiger partial charge in [0.2, 0.25) is 0 Å². The van der Waals surface area contributed by atoms with Gasteiger partial charge >= 0.3 is 0 Å². The van der Waals surface area contributed by atoms with Crippen molar-refractivity contribution < 1.29 is 13.9 Å². The molecule has 1 aromatic heterocycles. The summed E-state index contributed by atoms with van der Waals surface area (Å²) in [5.41, 5.74) is 1.41. The average molecular weight is 280 g/mol. The van der Waals surface area contributed by atoms with E-state index in [1.807, 2.05) is 12.1 Å². The van der Waals surface area contributed by atoms with E-state index in [-0.39, 0.29) is 11.9 Å². The lowest BCUT2D eigenvalue weighted by Gasteiger charge is -2.18. The summed E-state index contributed by atoms with van der Waals surface area (Å²) in [6.45, 7) is 0.380. The number of hydrogen-bond acceptors (Lipinski definition) is 3. The Kier molecular flexibility index (Phi) is 4.60. The van der Waals surface area contributed by atoms with Crippen LogP contribution in [0, 0.1) is 0 Å². The molecule has 4 nitrogen and oxygen atoms in total. The van der Waals surface area contributed by atoms with Gasteiger partial charge in [0.25, 0.3) is 5.91 Å². The molecule has 0 fully saturated rings. The van der Waals surface area contributed by atoms with Gasteiger partial charge in [-0.1, -0.05) is 23.7 Å². The van der Waals surface area contributed by atoms with Crippen LogP contribution in [-0.2, 0) is 4.74 Å². The molecule has 2 rings (SSSR count). The number of benzene rings is 1. The fraction of sp³-hybridized carbons (Fsp3) is 0.214. The molecule has 0 unspecified atom stereocenters. The van der Waals surface area contributed by atoms with Crippen molar-refractivity contribution in [3.8, 4) is 0 Å². The number of halogens is 1. The molecular formula is C14H14ClNO3. The van der Waals surface area contributed by atoms with Gasteiger partial charge in [-0.3, -0.25) is 4.79 Å². The molecule has 19 heavy (non-hydrogen) atoms. The second kappa shape index (κ2) is 6.41. The molecule has 5 heteroatoms. The van der Waals surface area contributed by atoms with Crippen molar-refractivity contribution in [2.24, 2.45) is 0 Å². The van der Waals surface area contributed by atoms with Crippen LogP contribution in [0.4, 0.5) is 0 Å². The van der Waals surface area contributed by atoms with Crippen LogP contribution in [0.1, 0.15) is 22.0 Å². The second-order valence-corrected chi connectivity index (χ2v) is 4.48. The van der Waals surface area contributed by atoms with Crippen molar-refractivity contribution in [3.05, 3.63) is 59.0 Å². The van der Waals surface area contributed by atoms with Gasteiger partial charge in [-0.15, -0.1) is 0 Å². The lowest BCUT2D eigenvalue weighted by atomic mass is 10.1. The molecule has 0 bridgehead atoms. The Labute approximate surface area is 116 Å². The fourth-order valence-corrected chi connectivity index (χ4v) is 1.84.